The van der Waals surface area contributed by atoms with E-state index in [2.05, 4.69) is 33.9 Å². The molecule has 1 aliphatic rings. The summed E-state index contributed by atoms with van der Waals surface area (Å²) in [6, 6.07) is 15.3. The van der Waals surface area contributed by atoms with Crippen LogP contribution >= 0.6 is 0 Å². The molecule has 7 heteroatoms. The number of amides is 1. The highest BCUT2D eigenvalue weighted by Crippen LogP contribution is 2.22. The van der Waals surface area contributed by atoms with Crippen LogP contribution in [0.25, 0.3) is 6.08 Å². The first-order chi connectivity index (χ1) is 13.8. The fourth-order valence-corrected chi connectivity index (χ4v) is 4.00. The molecule has 0 radical (unpaired) electrons. The number of hydrogen-bond donors (Lipinski definition) is 1. The van der Waals surface area contributed by atoms with E-state index < -0.39 is 10.0 Å². The van der Waals surface area contributed by atoms with Gasteiger partial charge in [0, 0.05) is 38.3 Å². The molecule has 6 nitrogen and oxygen atoms in total. The molecule has 1 saturated heterocycles. The lowest BCUT2D eigenvalue weighted by Crippen LogP contribution is -2.48. The predicted molar refractivity (Wildman–Crippen MR) is 117 cm³/mol. The number of anilines is 1. The van der Waals surface area contributed by atoms with E-state index in [1.54, 1.807) is 25.1 Å². The van der Waals surface area contributed by atoms with E-state index in [0.717, 1.165) is 25.9 Å². The Morgan fingerprint density at radius 2 is 1.72 bits per heavy atom. The zero-order chi connectivity index (χ0) is 20.9. The summed E-state index contributed by atoms with van der Waals surface area (Å²) in [5, 5.41) is 0. The first kappa shape index (κ1) is 21.1. The Balaban J connectivity index is 1.57. The molecule has 1 fully saturated rings. The van der Waals surface area contributed by atoms with Crippen LogP contribution in [0.4, 0.5) is 5.69 Å². The molecule has 0 spiro atoms. The molecule has 0 aromatic heterocycles. The normalized spacial score (nSPS) is 15.6. The largest absolute Gasteiger partial charge is 0.336 e. The number of nitrogens with one attached hydrogen (secondary N) is 1. The molecule has 3 rings (SSSR count). The van der Waals surface area contributed by atoms with Crippen LogP contribution in [0.5, 0.6) is 0 Å². The zero-order valence-electron chi connectivity index (χ0n) is 16.8. The van der Waals surface area contributed by atoms with Gasteiger partial charge in [-0.25, -0.2) is 8.42 Å². The van der Waals surface area contributed by atoms with Crippen molar-refractivity contribution in [1.82, 2.24) is 9.80 Å². The molecular weight excluding hydrogens is 386 g/mol. The van der Waals surface area contributed by atoms with Crippen molar-refractivity contribution in [2.24, 2.45) is 0 Å². The van der Waals surface area contributed by atoms with Gasteiger partial charge in [0.1, 0.15) is 0 Å². The summed E-state index contributed by atoms with van der Waals surface area (Å²) in [6.07, 6.45) is 5.37. The Morgan fingerprint density at radius 3 is 2.38 bits per heavy atom. The number of rotatable bonds is 6. The van der Waals surface area contributed by atoms with E-state index in [1.807, 2.05) is 23.1 Å². The first-order valence-electron chi connectivity index (χ1n) is 9.64. The second-order valence-corrected chi connectivity index (χ2v) is 9.01. The molecule has 1 aliphatic heterocycles. The van der Waals surface area contributed by atoms with Gasteiger partial charge in [0.05, 0.1) is 11.9 Å². The van der Waals surface area contributed by atoms with E-state index in [4.69, 9.17) is 0 Å². The van der Waals surface area contributed by atoms with Gasteiger partial charge in [0.15, 0.2) is 0 Å². The minimum absolute atomic E-state index is 0.0564. The van der Waals surface area contributed by atoms with Crippen LogP contribution in [0.2, 0.25) is 0 Å². The Hall–Kier alpha value is -2.64. The topological polar surface area (TPSA) is 69.7 Å². The molecule has 2 aromatic rings. The average Bonchev–Trinajstić information content (AvgIpc) is 2.69. The van der Waals surface area contributed by atoms with Crippen LogP contribution in [-0.4, -0.2) is 63.1 Å². The number of hydrogen-bond acceptors (Lipinski definition) is 4. The summed E-state index contributed by atoms with van der Waals surface area (Å²) < 4.78 is 25.5. The highest BCUT2D eigenvalue weighted by molar-refractivity contribution is 7.92. The number of benzene rings is 2. The van der Waals surface area contributed by atoms with Gasteiger partial charge in [-0.15, -0.1) is 0 Å². The SMILES string of the molecule is Cc1c(NS(C)(=O)=O)cccc1C(=O)N1CCN(C/C=C/c2ccccc2)CC1. The van der Waals surface area contributed by atoms with Gasteiger partial charge in [0.25, 0.3) is 5.91 Å². The number of carbonyl (C=O) groups is 1. The van der Waals surface area contributed by atoms with Crippen molar-refractivity contribution < 1.29 is 13.2 Å². The molecule has 2 aromatic carbocycles. The van der Waals surface area contributed by atoms with Crippen molar-refractivity contribution in [1.29, 1.82) is 0 Å². The highest BCUT2D eigenvalue weighted by atomic mass is 32.2. The van der Waals surface area contributed by atoms with Crippen molar-refractivity contribution in [3.05, 3.63) is 71.3 Å². The molecule has 29 heavy (non-hydrogen) atoms. The molecule has 0 atom stereocenters. The van der Waals surface area contributed by atoms with Crippen molar-refractivity contribution in [2.75, 3.05) is 43.7 Å². The third kappa shape index (κ3) is 5.92. The van der Waals surface area contributed by atoms with E-state index in [-0.39, 0.29) is 5.91 Å². The quantitative estimate of drug-likeness (QED) is 0.791. The fraction of sp³-hybridized carbons (Fsp3) is 0.318. The molecule has 0 saturated carbocycles. The molecule has 0 bridgehead atoms. The smallest absolute Gasteiger partial charge is 0.254 e. The van der Waals surface area contributed by atoms with Crippen LogP contribution in [0.3, 0.4) is 0 Å². The minimum atomic E-state index is -3.39. The van der Waals surface area contributed by atoms with Crippen LogP contribution < -0.4 is 4.72 Å². The standard InChI is InChI=1S/C22H27N3O3S/c1-18-20(11-6-12-21(18)23-29(2,27)28)22(26)25-16-14-24(15-17-25)13-7-10-19-8-4-3-5-9-19/h3-12,23H,13-17H2,1-2H3/b10-7+. The van der Waals surface area contributed by atoms with E-state index in [9.17, 15) is 13.2 Å². The van der Waals surface area contributed by atoms with Crippen molar-refractivity contribution >= 4 is 27.7 Å². The van der Waals surface area contributed by atoms with Gasteiger partial charge in [0.2, 0.25) is 10.0 Å². The minimum Gasteiger partial charge on any atom is -0.336 e. The predicted octanol–water partition coefficient (Wildman–Crippen LogP) is 2.84. The third-order valence-electron chi connectivity index (χ3n) is 4.99. The van der Waals surface area contributed by atoms with E-state index in [0.29, 0.717) is 29.9 Å². The Kier molecular flexibility index (Phi) is 6.71. The number of piperazine rings is 1. The van der Waals surface area contributed by atoms with E-state index in [1.165, 1.54) is 5.56 Å². The molecule has 1 heterocycles. The van der Waals surface area contributed by atoms with Crippen molar-refractivity contribution in [2.45, 2.75) is 6.92 Å². The number of sulfonamides is 1. The maximum Gasteiger partial charge on any atom is 0.254 e. The van der Waals surface area contributed by atoms with Crippen molar-refractivity contribution in [3.63, 3.8) is 0 Å². The Bertz CT molecular complexity index is 980. The summed E-state index contributed by atoms with van der Waals surface area (Å²) in [7, 11) is -3.39. The lowest BCUT2D eigenvalue weighted by molar-refractivity contribution is 0.0649. The summed E-state index contributed by atoms with van der Waals surface area (Å²) in [6.45, 7) is 5.55. The summed E-state index contributed by atoms with van der Waals surface area (Å²) >= 11 is 0. The van der Waals surface area contributed by atoms with Crippen LogP contribution in [-0.2, 0) is 10.0 Å². The van der Waals surface area contributed by atoms with Crippen LogP contribution in [0, 0.1) is 6.92 Å². The first-order valence-corrected chi connectivity index (χ1v) is 11.5. The van der Waals surface area contributed by atoms with Gasteiger partial charge in [-0.05, 0) is 30.2 Å². The third-order valence-corrected chi connectivity index (χ3v) is 5.58. The van der Waals surface area contributed by atoms with Gasteiger partial charge in [-0.1, -0.05) is 48.6 Å². The molecule has 0 unspecified atom stereocenters. The molecule has 1 N–H and O–H groups in total. The number of carbonyl (C=O) groups excluding carboxylic acids is 1. The maximum atomic E-state index is 13.0. The van der Waals surface area contributed by atoms with Crippen LogP contribution in [0.1, 0.15) is 21.5 Å². The van der Waals surface area contributed by atoms with Gasteiger partial charge < -0.3 is 4.90 Å². The lowest BCUT2D eigenvalue weighted by Gasteiger charge is -2.34. The van der Waals surface area contributed by atoms with Gasteiger partial charge >= 0.3 is 0 Å². The average molecular weight is 414 g/mol. The molecule has 0 aliphatic carbocycles. The zero-order valence-corrected chi connectivity index (χ0v) is 17.7. The fourth-order valence-electron chi connectivity index (χ4n) is 3.38. The summed E-state index contributed by atoms with van der Waals surface area (Å²) in [5.41, 5.74) is 2.81. The Morgan fingerprint density at radius 1 is 1.03 bits per heavy atom. The molecule has 154 valence electrons. The van der Waals surface area contributed by atoms with Gasteiger partial charge in [-0.2, -0.15) is 0 Å². The lowest BCUT2D eigenvalue weighted by atomic mass is 10.1. The molecule has 1 amide bonds. The Labute approximate surface area is 172 Å². The maximum absolute atomic E-state index is 13.0. The number of nitrogens with zero attached hydrogens (tertiary/aromatic N) is 2. The second kappa shape index (κ2) is 9.24. The van der Waals surface area contributed by atoms with E-state index >= 15 is 0 Å². The summed E-state index contributed by atoms with van der Waals surface area (Å²) in [4.78, 5) is 17.1. The van der Waals surface area contributed by atoms with Gasteiger partial charge in [-0.3, -0.25) is 14.4 Å². The molecular formula is C22H27N3O3S. The summed E-state index contributed by atoms with van der Waals surface area (Å²) in [5.74, 6) is -0.0564. The van der Waals surface area contributed by atoms with Crippen molar-refractivity contribution in [3.8, 4) is 0 Å². The highest BCUT2D eigenvalue weighted by Gasteiger charge is 2.23. The van der Waals surface area contributed by atoms with Crippen LogP contribution in [0.15, 0.2) is 54.6 Å². The second-order valence-electron chi connectivity index (χ2n) is 7.26. The monoisotopic (exact) mass is 413 g/mol.